The Labute approximate surface area is 279 Å². The van der Waals surface area contributed by atoms with Crippen LogP contribution in [0.1, 0.15) is 52.7 Å². The Bertz CT molecular complexity index is 2460. The van der Waals surface area contributed by atoms with Gasteiger partial charge in [0.05, 0.1) is 33.5 Å². The second-order valence-electron chi connectivity index (χ2n) is 13.6. The molecular formula is C37H32N5O3Pt-. The monoisotopic (exact) mass is 789 g/mol. The zero-order valence-corrected chi connectivity index (χ0v) is 28.6. The SMILES string of the molecule is CC(C)(C)c1cc(Oc2[c-]c3c(nc2)oc2c(C(C)(C)C)ccnc23)c(O)c(-n2c3ccccc3n3c4ccccc4nc23)c1.[Pt]. The molecule has 5 heterocycles. The molecule has 0 aliphatic heterocycles. The number of ether oxygens (including phenoxy) is 1. The Hall–Kier alpha value is -4.68. The van der Waals surface area contributed by atoms with Crippen LogP contribution in [0.3, 0.4) is 0 Å². The standard InChI is InChI=1S/C37H32N5O3.Pt/c1-36(2,3)21-17-29(42-28-14-10-9-13-27(28)41-26-12-8-7-11-25(26)40-35(41)42)32(43)30(18-21)44-22-19-23-31-33(45-34(23)39-20-22)24(15-16-38-31)37(4,5)6;/h7-18,20,43H,1-6H3;/q-1;. The van der Waals surface area contributed by atoms with Gasteiger partial charge in [-0.05, 0) is 70.6 Å². The van der Waals surface area contributed by atoms with Gasteiger partial charge in [-0.15, -0.1) is 0 Å². The molecule has 0 saturated heterocycles. The summed E-state index contributed by atoms with van der Waals surface area (Å²) in [5.74, 6) is 1.31. The van der Waals surface area contributed by atoms with Crippen LogP contribution in [0.4, 0.5) is 0 Å². The van der Waals surface area contributed by atoms with Crippen LogP contribution >= 0.6 is 0 Å². The summed E-state index contributed by atoms with van der Waals surface area (Å²) in [7, 11) is 0. The van der Waals surface area contributed by atoms with Crippen molar-refractivity contribution in [3.05, 3.63) is 96.3 Å². The molecule has 8 aromatic rings. The Morgan fingerprint density at radius 2 is 1.57 bits per heavy atom. The Morgan fingerprint density at radius 3 is 2.30 bits per heavy atom. The van der Waals surface area contributed by atoms with Crippen LogP contribution in [0.5, 0.6) is 17.2 Å². The van der Waals surface area contributed by atoms with Crippen LogP contribution in [-0.4, -0.2) is 29.0 Å². The van der Waals surface area contributed by atoms with Gasteiger partial charge < -0.3 is 24.2 Å². The third kappa shape index (κ3) is 4.58. The number of benzene rings is 3. The van der Waals surface area contributed by atoms with E-state index in [1.54, 1.807) is 12.4 Å². The van der Waals surface area contributed by atoms with Crippen molar-refractivity contribution in [2.24, 2.45) is 0 Å². The van der Waals surface area contributed by atoms with Gasteiger partial charge in [-0.25, -0.2) is 4.98 Å². The van der Waals surface area contributed by atoms with Crippen molar-refractivity contribution in [2.75, 3.05) is 0 Å². The quantitative estimate of drug-likeness (QED) is 0.180. The zero-order chi connectivity index (χ0) is 31.2. The number of fused-ring (bicyclic) bond motifs is 8. The van der Waals surface area contributed by atoms with Gasteiger partial charge in [0, 0.05) is 32.8 Å². The maximum absolute atomic E-state index is 11.9. The maximum atomic E-state index is 11.9. The Kier molecular flexibility index (Phi) is 6.80. The number of nitrogens with zero attached hydrogens (tertiary/aromatic N) is 5. The number of aromatic hydroxyl groups is 1. The summed E-state index contributed by atoms with van der Waals surface area (Å²) in [6.45, 7) is 12.8. The number of phenolic OH excluding ortho intramolecular Hbond substituents is 1. The second kappa shape index (κ2) is 10.4. The molecule has 0 bridgehead atoms. The van der Waals surface area contributed by atoms with Crippen LogP contribution in [0.25, 0.3) is 55.7 Å². The molecule has 5 aromatic heterocycles. The number of hydrogen-bond donors (Lipinski definition) is 1. The van der Waals surface area contributed by atoms with E-state index in [0.29, 0.717) is 39.4 Å². The molecule has 9 heteroatoms. The molecule has 3 aromatic carbocycles. The van der Waals surface area contributed by atoms with Crippen LogP contribution in [-0.2, 0) is 31.9 Å². The van der Waals surface area contributed by atoms with Crippen molar-refractivity contribution in [1.29, 1.82) is 0 Å². The normalized spacial score (nSPS) is 12.5. The van der Waals surface area contributed by atoms with Crippen molar-refractivity contribution in [2.45, 2.75) is 52.4 Å². The van der Waals surface area contributed by atoms with Crippen molar-refractivity contribution in [3.8, 4) is 22.9 Å². The van der Waals surface area contributed by atoms with E-state index >= 15 is 0 Å². The Morgan fingerprint density at radius 1 is 0.848 bits per heavy atom. The van der Waals surface area contributed by atoms with Crippen LogP contribution in [0.2, 0.25) is 0 Å². The van der Waals surface area contributed by atoms with E-state index < -0.39 is 0 Å². The molecule has 0 amide bonds. The van der Waals surface area contributed by atoms with Gasteiger partial charge in [0.25, 0.3) is 0 Å². The number of aromatic nitrogens is 5. The number of furan rings is 1. The molecule has 0 fully saturated rings. The van der Waals surface area contributed by atoms with E-state index in [2.05, 4.69) is 74.1 Å². The van der Waals surface area contributed by atoms with E-state index in [9.17, 15) is 5.11 Å². The average Bonchev–Trinajstić information content (AvgIpc) is 3.65. The summed E-state index contributed by atoms with van der Waals surface area (Å²) in [4.78, 5) is 14.1. The van der Waals surface area contributed by atoms with Crippen LogP contribution in [0.15, 0.2) is 83.5 Å². The fourth-order valence-electron chi connectivity index (χ4n) is 6.08. The second-order valence-corrected chi connectivity index (χ2v) is 13.6. The van der Waals surface area contributed by atoms with Crippen molar-refractivity contribution in [3.63, 3.8) is 0 Å². The molecule has 1 N–H and O–H groups in total. The molecule has 0 radical (unpaired) electrons. The summed E-state index contributed by atoms with van der Waals surface area (Å²) in [6.07, 6.45) is 3.35. The van der Waals surface area contributed by atoms with E-state index in [0.717, 1.165) is 33.2 Å². The Balaban J connectivity index is 0.00000338. The third-order valence-electron chi connectivity index (χ3n) is 8.40. The number of rotatable bonds is 3. The molecule has 0 unspecified atom stereocenters. The van der Waals surface area contributed by atoms with Gasteiger partial charge in [0.2, 0.25) is 5.78 Å². The minimum Gasteiger partial charge on any atom is -0.503 e. The smallest absolute Gasteiger partial charge is 0.220 e. The first kappa shape index (κ1) is 30.0. The molecule has 0 saturated carbocycles. The van der Waals surface area contributed by atoms with Gasteiger partial charge in [-0.1, -0.05) is 77.3 Å². The van der Waals surface area contributed by atoms with E-state index in [4.69, 9.17) is 14.1 Å². The molecule has 0 atom stereocenters. The van der Waals surface area contributed by atoms with E-state index in [1.807, 2.05) is 59.2 Å². The van der Waals surface area contributed by atoms with Gasteiger partial charge in [-0.3, -0.25) is 8.97 Å². The third-order valence-corrected chi connectivity index (χ3v) is 8.40. The summed E-state index contributed by atoms with van der Waals surface area (Å²) in [6, 6.07) is 25.4. The summed E-state index contributed by atoms with van der Waals surface area (Å²) < 4.78 is 16.7. The van der Waals surface area contributed by atoms with Gasteiger partial charge >= 0.3 is 0 Å². The largest absolute Gasteiger partial charge is 0.503 e. The number of hydrogen-bond acceptors (Lipinski definition) is 6. The number of pyridine rings is 2. The molecule has 234 valence electrons. The fraction of sp³-hybridized carbons (Fsp3) is 0.216. The molecule has 0 aliphatic rings. The number of phenols is 1. The van der Waals surface area contributed by atoms with E-state index in [1.165, 1.54) is 0 Å². The van der Waals surface area contributed by atoms with Gasteiger partial charge in [0.1, 0.15) is 11.3 Å². The molecular weight excluding hydrogens is 758 g/mol. The first-order valence-electron chi connectivity index (χ1n) is 15.0. The molecule has 8 rings (SSSR count). The summed E-state index contributed by atoms with van der Waals surface area (Å²) in [5, 5.41) is 12.6. The molecule has 0 spiro atoms. The van der Waals surface area contributed by atoms with Gasteiger partial charge in [-0.2, -0.15) is 0 Å². The minimum atomic E-state index is -0.250. The van der Waals surface area contributed by atoms with Crippen molar-refractivity contribution in [1.82, 2.24) is 23.9 Å². The summed E-state index contributed by atoms with van der Waals surface area (Å²) >= 11 is 0. The average molecular weight is 790 g/mol. The molecule has 46 heavy (non-hydrogen) atoms. The molecule has 0 aliphatic carbocycles. The van der Waals surface area contributed by atoms with E-state index in [-0.39, 0.29) is 43.4 Å². The van der Waals surface area contributed by atoms with Crippen molar-refractivity contribution < 1.29 is 35.3 Å². The first-order chi connectivity index (χ1) is 21.5. The predicted octanol–water partition coefficient (Wildman–Crippen LogP) is 9.01. The van der Waals surface area contributed by atoms with Crippen LogP contribution in [0, 0.1) is 6.07 Å². The van der Waals surface area contributed by atoms with Crippen LogP contribution < -0.4 is 4.74 Å². The first-order valence-corrected chi connectivity index (χ1v) is 15.0. The number of imidazole rings is 2. The topological polar surface area (TPSA) is 90.6 Å². The van der Waals surface area contributed by atoms with Crippen molar-refractivity contribution >= 4 is 50.0 Å². The number of para-hydroxylation sites is 4. The fourth-order valence-corrected chi connectivity index (χ4v) is 6.08. The predicted molar refractivity (Wildman–Crippen MR) is 177 cm³/mol. The maximum Gasteiger partial charge on any atom is 0.220 e. The van der Waals surface area contributed by atoms with Gasteiger partial charge in [0.15, 0.2) is 11.5 Å². The zero-order valence-electron chi connectivity index (χ0n) is 26.3. The molecule has 8 nitrogen and oxygen atoms in total. The summed E-state index contributed by atoms with van der Waals surface area (Å²) in [5.41, 5.74) is 7.77. The minimum absolute atomic E-state index is 0.